The van der Waals surface area contributed by atoms with Gasteiger partial charge in [-0.1, -0.05) is 27.3 Å². The van der Waals surface area contributed by atoms with Crippen LogP contribution >= 0.6 is 27.3 Å². The van der Waals surface area contributed by atoms with Crippen LogP contribution < -0.4 is 4.80 Å². The van der Waals surface area contributed by atoms with Crippen LogP contribution in [-0.2, 0) is 30.8 Å². The third kappa shape index (κ3) is 5.98. The number of rotatable bonds is 6. The Bertz CT molecular complexity index is 1540. The van der Waals surface area contributed by atoms with Crippen LogP contribution in [0.5, 0.6) is 0 Å². The molecule has 4 rings (SSSR count). The number of carbonyl (C=O) groups is 3. The van der Waals surface area contributed by atoms with Gasteiger partial charge in [-0.3, -0.25) is 9.59 Å². The average molecular weight is 626 g/mol. The summed E-state index contributed by atoms with van der Waals surface area (Å²) in [5.74, 6) is -1.07. The Morgan fingerprint density at radius 2 is 1.74 bits per heavy atom. The number of piperazine rings is 1. The molecule has 1 saturated heterocycles. The second kappa shape index (κ2) is 11.8. The van der Waals surface area contributed by atoms with Crippen LogP contribution in [0.1, 0.15) is 17.3 Å². The highest BCUT2D eigenvalue weighted by molar-refractivity contribution is 9.10. The molecule has 2 aromatic carbocycles. The zero-order chi connectivity index (χ0) is 27.4. The second-order valence-electron chi connectivity index (χ2n) is 8.19. The number of hydrogen-bond donors (Lipinski definition) is 0. The predicted octanol–water partition coefficient (Wildman–Crippen LogP) is 2.84. The van der Waals surface area contributed by atoms with Crippen molar-refractivity contribution in [3.63, 3.8) is 0 Å². The summed E-state index contributed by atoms with van der Waals surface area (Å²) in [6.07, 6.45) is -0.463. The molecular formula is C24H25BrN4O7S2. The second-order valence-corrected chi connectivity index (χ2v) is 12.1. The van der Waals surface area contributed by atoms with Gasteiger partial charge in [0.2, 0.25) is 10.0 Å². The van der Waals surface area contributed by atoms with Crippen LogP contribution in [0, 0.1) is 0 Å². The van der Waals surface area contributed by atoms with Gasteiger partial charge in [0.05, 0.1) is 28.8 Å². The minimum atomic E-state index is -3.81. The number of nitrogens with zero attached hydrogens (tertiary/aromatic N) is 4. The number of amides is 2. The monoisotopic (exact) mass is 624 g/mol. The summed E-state index contributed by atoms with van der Waals surface area (Å²) in [5, 5.41) is 0. The zero-order valence-corrected chi connectivity index (χ0v) is 23.8. The standard InChI is InChI=1S/C24H25BrN4O7S2/c1-3-36-24(32)27-10-12-28(13-11-27)38(33,34)18-7-4-16(5-8-18)22(31)26-23-29(15-21(30)35-2)19-9-6-17(25)14-20(19)37-23/h4-9,14H,3,10-13,15H2,1-2H3. The Hall–Kier alpha value is -3.07. The highest BCUT2D eigenvalue weighted by Crippen LogP contribution is 2.23. The van der Waals surface area contributed by atoms with Crippen LogP contribution in [-0.4, -0.2) is 80.1 Å². The Labute approximate surface area is 231 Å². The van der Waals surface area contributed by atoms with Crippen molar-refractivity contribution in [3.05, 3.63) is 57.3 Å². The van der Waals surface area contributed by atoms with Gasteiger partial charge in [-0.25, -0.2) is 13.2 Å². The first kappa shape index (κ1) is 28.0. The smallest absolute Gasteiger partial charge is 0.409 e. The lowest BCUT2D eigenvalue weighted by Gasteiger charge is -2.33. The van der Waals surface area contributed by atoms with Gasteiger partial charge < -0.3 is 18.9 Å². The van der Waals surface area contributed by atoms with E-state index < -0.39 is 28.0 Å². The van der Waals surface area contributed by atoms with E-state index in [9.17, 15) is 22.8 Å². The van der Waals surface area contributed by atoms with Gasteiger partial charge >= 0.3 is 12.1 Å². The van der Waals surface area contributed by atoms with E-state index in [2.05, 4.69) is 20.9 Å². The molecule has 0 radical (unpaired) electrons. The molecule has 11 nitrogen and oxygen atoms in total. The lowest BCUT2D eigenvalue weighted by atomic mass is 10.2. The minimum absolute atomic E-state index is 0.0334. The molecule has 0 N–H and O–H groups in total. The van der Waals surface area contributed by atoms with Crippen LogP contribution in [0.2, 0.25) is 0 Å². The number of methoxy groups -OCH3 is 1. The summed E-state index contributed by atoms with van der Waals surface area (Å²) < 4.78 is 40.5. The Kier molecular flexibility index (Phi) is 8.65. The topological polar surface area (TPSA) is 128 Å². The lowest BCUT2D eigenvalue weighted by molar-refractivity contribution is -0.141. The summed E-state index contributed by atoms with van der Waals surface area (Å²) in [4.78, 5) is 42.9. The maximum atomic E-state index is 13.1. The number of sulfonamides is 1. The number of ether oxygens (including phenoxy) is 2. The molecule has 2 heterocycles. The fraction of sp³-hybridized carbons (Fsp3) is 0.333. The van der Waals surface area contributed by atoms with Gasteiger partial charge in [-0.05, 0) is 49.4 Å². The zero-order valence-electron chi connectivity index (χ0n) is 20.6. The molecule has 2 amide bonds. The van der Waals surface area contributed by atoms with Crippen molar-refractivity contribution in [1.29, 1.82) is 0 Å². The first-order valence-corrected chi connectivity index (χ1v) is 14.7. The lowest BCUT2D eigenvalue weighted by Crippen LogP contribution is -2.50. The number of hydrogen-bond acceptors (Lipinski definition) is 8. The molecule has 1 aromatic heterocycles. The Morgan fingerprint density at radius 1 is 1.05 bits per heavy atom. The molecular weight excluding hydrogens is 600 g/mol. The first-order chi connectivity index (χ1) is 18.1. The fourth-order valence-electron chi connectivity index (χ4n) is 3.87. The molecule has 38 heavy (non-hydrogen) atoms. The summed E-state index contributed by atoms with van der Waals surface area (Å²) >= 11 is 4.66. The number of thiazole rings is 1. The minimum Gasteiger partial charge on any atom is -0.468 e. The predicted molar refractivity (Wildman–Crippen MR) is 143 cm³/mol. The van der Waals surface area contributed by atoms with Gasteiger partial charge in [-0.2, -0.15) is 9.30 Å². The van der Waals surface area contributed by atoms with E-state index in [1.165, 1.54) is 51.9 Å². The molecule has 202 valence electrons. The van der Waals surface area contributed by atoms with E-state index in [4.69, 9.17) is 9.47 Å². The van der Waals surface area contributed by atoms with Crippen LogP contribution in [0.25, 0.3) is 10.2 Å². The third-order valence-corrected chi connectivity index (χ3v) is 9.31. The summed E-state index contributed by atoms with van der Waals surface area (Å²) in [6, 6.07) is 11.0. The first-order valence-electron chi connectivity index (χ1n) is 11.6. The van der Waals surface area contributed by atoms with Crippen molar-refractivity contribution in [2.75, 3.05) is 39.9 Å². The quantitative estimate of drug-likeness (QED) is 0.386. The van der Waals surface area contributed by atoms with Gasteiger partial charge in [0.1, 0.15) is 6.54 Å². The molecule has 0 aliphatic carbocycles. The van der Waals surface area contributed by atoms with Crippen molar-refractivity contribution in [1.82, 2.24) is 13.8 Å². The number of benzene rings is 2. The maximum Gasteiger partial charge on any atom is 0.409 e. The normalized spacial score (nSPS) is 15.0. The van der Waals surface area contributed by atoms with Gasteiger partial charge in [0, 0.05) is 36.2 Å². The Balaban J connectivity index is 1.55. The highest BCUT2D eigenvalue weighted by Gasteiger charge is 2.30. The number of carbonyl (C=O) groups excluding carboxylic acids is 3. The molecule has 14 heteroatoms. The molecule has 0 saturated carbocycles. The van der Waals surface area contributed by atoms with E-state index in [0.717, 1.165) is 14.7 Å². The number of fused-ring (bicyclic) bond motifs is 1. The van der Waals surface area contributed by atoms with E-state index in [1.807, 2.05) is 18.2 Å². The van der Waals surface area contributed by atoms with Crippen molar-refractivity contribution in [2.45, 2.75) is 18.4 Å². The molecule has 0 bridgehead atoms. The molecule has 0 spiro atoms. The van der Waals surface area contributed by atoms with Gasteiger partial charge in [-0.15, -0.1) is 0 Å². The molecule has 1 fully saturated rings. The van der Waals surface area contributed by atoms with E-state index in [0.29, 0.717) is 4.80 Å². The van der Waals surface area contributed by atoms with Crippen molar-refractivity contribution < 1.29 is 32.3 Å². The largest absolute Gasteiger partial charge is 0.468 e. The summed E-state index contributed by atoms with van der Waals surface area (Å²) in [7, 11) is -2.53. The molecule has 0 atom stereocenters. The van der Waals surface area contributed by atoms with Crippen molar-refractivity contribution >= 4 is 65.5 Å². The number of esters is 1. The van der Waals surface area contributed by atoms with E-state index >= 15 is 0 Å². The van der Waals surface area contributed by atoms with Gasteiger partial charge in [0.15, 0.2) is 4.80 Å². The molecule has 3 aromatic rings. The van der Waals surface area contributed by atoms with Crippen molar-refractivity contribution in [3.8, 4) is 0 Å². The van der Waals surface area contributed by atoms with Crippen LogP contribution in [0.15, 0.2) is 56.8 Å². The van der Waals surface area contributed by atoms with Crippen LogP contribution in [0.3, 0.4) is 0 Å². The SMILES string of the molecule is CCOC(=O)N1CCN(S(=O)(=O)c2ccc(C(=O)N=c3sc4cc(Br)ccc4n3CC(=O)OC)cc2)CC1. The van der Waals surface area contributed by atoms with Crippen LogP contribution in [0.4, 0.5) is 4.79 Å². The fourth-order valence-corrected chi connectivity index (χ4v) is 6.88. The highest BCUT2D eigenvalue weighted by atomic mass is 79.9. The third-order valence-electron chi connectivity index (χ3n) is 5.86. The molecule has 1 aliphatic rings. The molecule has 0 unspecified atom stereocenters. The molecule has 1 aliphatic heterocycles. The average Bonchev–Trinajstić information content (AvgIpc) is 3.24. The maximum absolute atomic E-state index is 13.1. The Morgan fingerprint density at radius 3 is 2.37 bits per heavy atom. The number of halogens is 1. The van der Waals surface area contributed by atoms with Gasteiger partial charge in [0.25, 0.3) is 5.91 Å². The summed E-state index contributed by atoms with van der Waals surface area (Å²) in [5.41, 5.74) is 0.916. The van der Waals surface area contributed by atoms with E-state index in [1.54, 1.807) is 11.5 Å². The van der Waals surface area contributed by atoms with E-state index in [-0.39, 0.29) is 49.8 Å². The summed E-state index contributed by atoms with van der Waals surface area (Å²) in [6.45, 7) is 2.57. The number of aromatic nitrogens is 1. The van der Waals surface area contributed by atoms with Crippen molar-refractivity contribution in [2.24, 2.45) is 4.99 Å².